The van der Waals surface area contributed by atoms with Crippen molar-refractivity contribution in [2.45, 2.75) is 12.1 Å². The van der Waals surface area contributed by atoms with Crippen molar-refractivity contribution in [1.29, 1.82) is 0 Å². The molecule has 0 aliphatic heterocycles. The molecule has 5 nitrogen and oxygen atoms in total. The Kier molecular flexibility index (Phi) is 4.02. The van der Waals surface area contributed by atoms with Crippen molar-refractivity contribution in [1.82, 2.24) is 9.97 Å². The summed E-state index contributed by atoms with van der Waals surface area (Å²) < 4.78 is 0. The maximum Gasteiger partial charge on any atom is 0.234 e. The number of aromatic nitrogens is 2. The van der Waals surface area contributed by atoms with E-state index in [1.54, 1.807) is 25.1 Å². The molecular formula is C16H15N3O2S. The van der Waals surface area contributed by atoms with Crippen LogP contribution < -0.4 is 5.32 Å². The Bertz CT molecular complexity index is 796. The molecule has 0 bridgehead atoms. The number of thioether (sulfide) groups is 1. The molecule has 1 amide bonds. The van der Waals surface area contributed by atoms with Gasteiger partial charge in [0.05, 0.1) is 16.8 Å². The average molecular weight is 313 g/mol. The molecule has 0 aliphatic carbocycles. The molecule has 6 heteroatoms. The lowest BCUT2D eigenvalue weighted by Crippen LogP contribution is -2.14. The summed E-state index contributed by atoms with van der Waals surface area (Å²) in [6, 6.07) is 12.8. The maximum absolute atomic E-state index is 11.9. The molecule has 3 N–H and O–H groups in total. The van der Waals surface area contributed by atoms with Crippen molar-refractivity contribution in [2.24, 2.45) is 0 Å². The lowest BCUT2D eigenvalue weighted by atomic mass is 10.2. The number of hydrogen-bond acceptors (Lipinski definition) is 4. The number of para-hydroxylation sites is 2. The number of H-pyrrole nitrogens is 1. The van der Waals surface area contributed by atoms with E-state index in [-0.39, 0.29) is 17.4 Å². The number of phenols is 1. The standard InChI is InChI=1S/C16H15N3O2S/c1-10-6-7-11(8-14(10)20)17-15(21)9-22-16-18-12-4-2-3-5-13(12)19-16/h2-8,20H,9H2,1H3,(H,17,21)(H,18,19). The number of nitrogens with zero attached hydrogens (tertiary/aromatic N) is 1. The van der Waals surface area contributed by atoms with Gasteiger partial charge in [0.1, 0.15) is 5.75 Å². The van der Waals surface area contributed by atoms with Crippen LogP contribution in [0.25, 0.3) is 11.0 Å². The Morgan fingerprint density at radius 1 is 1.32 bits per heavy atom. The molecule has 0 aliphatic rings. The largest absolute Gasteiger partial charge is 0.508 e. The summed E-state index contributed by atoms with van der Waals surface area (Å²) >= 11 is 1.34. The molecule has 3 rings (SSSR count). The SMILES string of the molecule is Cc1ccc(NC(=O)CSc2nc3ccccc3[nH]2)cc1O. The first-order chi connectivity index (χ1) is 10.6. The first-order valence-corrected chi connectivity index (χ1v) is 7.77. The minimum absolute atomic E-state index is 0.145. The van der Waals surface area contributed by atoms with Crippen molar-refractivity contribution >= 4 is 34.4 Å². The third-order valence-corrected chi connectivity index (χ3v) is 4.07. The highest BCUT2D eigenvalue weighted by atomic mass is 32.2. The topological polar surface area (TPSA) is 78.0 Å². The molecule has 22 heavy (non-hydrogen) atoms. The number of hydrogen-bond donors (Lipinski definition) is 3. The number of carbonyl (C=O) groups excluding carboxylic acids is 1. The summed E-state index contributed by atoms with van der Waals surface area (Å²) in [5.41, 5.74) is 3.19. The zero-order valence-corrected chi connectivity index (χ0v) is 12.8. The third-order valence-electron chi connectivity index (χ3n) is 3.20. The van der Waals surface area contributed by atoms with Gasteiger partial charge in [-0.05, 0) is 30.7 Å². The van der Waals surface area contributed by atoms with Crippen LogP contribution in [0.2, 0.25) is 0 Å². The van der Waals surface area contributed by atoms with Crippen LogP contribution in [0.3, 0.4) is 0 Å². The van der Waals surface area contributed by atoms with Gasteiger partial charge < -0.3 is 15.4 Å². The van der Waals surface area contributed by atoms with Gasteiger partial charge in [0.2, 0.25) is 5.91 Å². The van der Waals surface area contributed by atoms with Crippen LogP contribution in [0.4, 0.5) is 5.69 Å². The molecule has 0 atom stereocenters. The third kappa shape index (κ3) is 3.23. The van der Waals surface area contributed by atoms with Crippen LogP contribution in [0.15, 0.2) is 47.6 Å². The van der Waals surface area contributed by atoms with Gasteiger partial charge in [-0.2, -0.15) is 0 Å². The van der Waals surface area contributed by atoms with E-state index in [4.69, 9.17) is 0 Å². The summed E-state index contributed by atoms with van der Waals surface area (Å²) in [5.74, 6) is 0.269. The molecule has 0 fully saturated rings. The number of imidazole rings is 1. The zero-order valence-electron chi connectivity index (χ0n) is 12.0. The number of nitrogens with one attached hydrogen (secondary N) is 2. The van der Waals surface area contributed by atoms with E-state index in [9.17, 15) is 9.90 Å². The van der Waals surface area contributed by atoms with E-state index < -0.39 is 0 Å². The minimum Gasteiger partial charge on any atom is -0.508 e. The molecule has 1 aromatic heterocycles. The second-order valence-electron chi connectivity index (χ2n) is 4.90. The fraction of sp³-hybridized carbons (Fsp3) is 0.125. The first kappa shape index (κ1) is 14.5. The highest BCUT2D eigenvalue weighted by molar-refractivity contribution is 7.99. The number of carbonyl (C=O) groups is 1. The van der Waals surface area contributed by atoms with Gasteiger partial charge in [0.25, 0.3) is 0 Å². The van der Waals surface area contributed by atoms with Gasteiger partial charge in [0.15, 0.2) is 5.16 Å². The van der Waals surface area contributed by atoms with Crippen molar-refractivity contribution in [3.63, 3.8) is 0 Å². The van der Waals surface area contributed by atoms with E-state index in [2.05, 4.69) is 15.3 Å². The number of benzene rings is 2. The van der Waals surface area contributed by atoms with Crippen LogP contribution in [-0.2, 0) is 4.79 Å². The van der Waals surface area contributed by atoms with Crippen molar-refractivity contribution in [3.05, 3.63) is 48.0 Å². The van der Waals surface area contributed by atoms with Gasteiger partial charge in [-0.15, -0.1) is 0 Å². The van der Waals surface area contributed by atoms with Gasteiger partial charge >= 0.3 is 0 Å². The number of fused-ring (bicyclic) bond motifs is 1. The monoisotopic (exact) mass is 313 g/mol. The van der Waals surface area contributed by atoms with Crippen molar-refractivity contribution in [2.75, 3.05) is 11.1 Å². The normalized spacial score (nSPS) is 10.8. The summed E-state index contributed by atoms with van der Waals surface area (Å²) in [4.78, 5) is 19.5. The average Bonchev–Trinajstić information content (AvgIpc) is 2.92. The molecule has 0 radical (unpaired) electrons. The van der Waals surface area contributed by atoms with Crippen LogP contribution in [0, 0.1) is 6.92 Å². The predicted octanol–water partition coefficient (Wildman–Crippen LogP) is 3.31. The fourth-order valence-corrected chi connectivity index (χ4v) is 2.70. The summed E-state index contributed by atoms with van der Waals surface area (Å²) in [6.07, 6.45) is 0. The van der Waals surface area contributed by atoms with Crippen LogP contribution in [-0.4, -0.2) is 26.7 Å². The fourth-order valence-electron chi connectivity index (χ4n) is 2.02. The summed E-state index contributed by atoms with van der Waals surface area (Å²) in [7, 11) is 0. The number of phenolic OH excluding ortho intramolecular Hbond substituents is 1. The van der Waals surface area contributed by atoms with E-state index in [1.165, 1.54) is 11.8 Å². The lowest BCUT2D eigenvalue weighted by Gasteiger charge is -2.06. The minimum atomic E-state index is -0.145. The van der Waals surface area contributed by atoms with Gasteiger partial charge in [-0.3, -0.25) is 4.79 Å². The Morgan fingerprint density at radius 2 is 2.14 bits per heavy atom. The molecular weight excluding hydrogens is 298 g/mol. The second kappa shape index (κ2) is 6.11. The Labute approximate surface area is 131 Å². The van der Waals surface area contributed by atoms with Crippen molar-refractivity contribution in [3.8, 4) is 5.75 Å². The van der Waals surface area contributed by atoms with Gasteiger partial charge in [0, 0.05) is 11.8 Å². The number of rotatable bonds is 4. The predicted molar refractivity (Wildman–Crippen MR) is 88.3 cm³/mol. The Hall–Kier alpha value is -2.47. The molecule has 1 heterocycles. The van der Waals surface area contributed by atoms with Crippen LogP contribution in [0.1, 0.15) is 5.56 Å². The first-order valence-electron chi connectivity index (χ1n) is 6.79. The molecule has 0 unspecified atom stereocenters. The van der Waals surface area contributed by atoms with E-state index >= 15 is 0 Å². The summed E-state index contributed by atoms with van der Waals surface area (Å²) in [6.45, 7) is 1.80. The molecule has 112 valence electrons. The number of anilines is 1. The molecule has 3 aromatic rings. The summed E-state index contributed by atoms with van der Waals surface area (Å²) in [5, 5.41) is 13.1. The van der Waals surface area contributed by atoms with Crippen LogP contribution in [0.5, 0.6) is 5.75 Å². The highest BCUT2D eigenvalue weighted by Gasteiger charge is 2.08. The number of aromatic hydroxyl groups is 1. The molecule has 0 spiro atoms. The Morgan fingerprint density at radius 3 is 2.91 bits per heavy atom. The van der Waals surface area contributed by atoms with Crippen LogP contribution >= 0.6 is 11.8 Å². The Balaban J connectivity index is 1.60. The highest BCUT2D eigenvalue weighted by Crippen LogP contribution is 2.22. The second-order valence-corrected chi connectivity index (χ2v) is 5.86. The lowest BCUT2D eigenvalue weighted by molar-refractivity contribution is -0.113. The number of amides is 1. The maximum atomic E-state index is 11.9. The molecule has 0 saturated heterocycles. The smallest absolute Gasteiger partial charge is 0.234 e. The van der Waals surface area contributed by atoms with E-state index in [0.29, 0.717) is 10.8 Å². The number of aryl methyl sites for hydroxylation is 1. The molecule has 2 aromatic carbocycles. The molecule has 0 saturated carbocycles. The van der Waals surface area contributed by atoms with E-state index in [1.807, 2.05) is 24.3 Å². The zero-order chi connectivity index (χ0) is 15.5. The van der Waals surface area contributed by atoms with E-state index in [0.717, 1.165) is 16.6 Å². The van der Waals surface area contributed by atoms with Gasteiger partial charge in [-0.25, -0.2) is 4.98 Å². The van der Waals surface area contributed by atoms with Gasteiger partial charge in [-0.1, -0.05) is 30.0 Å². The quantitative estimate of drug-likeness (QED) is 0.646. The van der Waals surface area contributed by atoms with Crippen molar-refractivity contribution < 1.29 is 9.90 Å². The number of aromatic amines is 1.